The quantitative estimate of drug-likeness (QED) is 0.741. The molecule has 4 rings (SSSR count). The van der Waals surface area contributed by atoms with Gasteiger partial charge in [-0.05, 0) is 38.4 Å². The molecule has 23 heavy (non-hydrogen) atoms. The van der Waals surface area contributed by atoms with Crippen LogP contribution in [-0.4, -0.2) is 31.6 Å². The Labute approximate surface area is 134 Å². The molecule has 0 N–H and O–H groups in total. The van der Waals surface area contributed by atoms with E-state index in [1.165, 1.54) is 0 Å². The molecule has 118 valence electrons. The van der Waals surface area contributed by atoms with Gasteiger partial charge in [0.05, 0.1) is 29.3 Å². The molecule has 1 atom stereocenters. The van der Waals surface area contributed by atoms with Crippen molar-refractivity contribution in [1.82, 2.24) is 25.1 Å². The fraction of sp³-hybridized carbons (Fsp3) is 0.353. The zero-order valence-electron chi connectivity index (χ0n) is 13.1. The predicted molar refractivity (Wildman–Crippen MR) is 85.0 cm³/mol. The molecule has 1 aromatic carbocycles. The third-order valence-corrected chi connectivity index (χ3v) is 4.26. The van der Waals surface area contributed by atoms with Gasteiger partial charge in [0.2, 0.25) is 0 Å². The van der Waals surface area contributed by atoms with Gasteiger partial charge in [-0.15, -0.1) is 5.10 Å². The van der Waals surface area contributed by atoms with Crippen molar-refractivity contribution in [2.75, 3.05) is 6.54 Å². The molecule has 3 aromatic rings. The maximum Gasteiger partial charge on any atom is 0.154 e. The lowest BCUT2D eigenvalue weighted by molar-refractivity contribution is 0.204. The number of hydrogen-bond donors (Lipinski definition) is 0. The summed E-state index contributed by atoms with van der Waals surface area (Å²) in [4.78, 5) is 2.39. The molecule has 1 saturated heterocycles. The number of para-hydroxylation sites is 1. The van der Waals surface area contributed by atoms with Crippen LogP contribution in [0.1, 0.15) is 36.0 Å². The summed E-state index contributed by atoms with van der Waals surface area (Å²) in [5, 5.41) is 12.6. The first-order valence-electron chi connectivity index (χ1n) is 7.93. The minimum Gasteiger partial charge on any atom is -0.359 e. The summed E-state index contributed by atoms with van der Waals surface area (Å²) in [5.41, 5.74) is 2.92. The maximum atomic E-state index is 5.46. The average molecular weight is 309 g/mol. The summed E-state index contributed by atoms with van der Waals surface area (Å²) in [7, 11) is 0. The number of hydrogen-bond acceptors (Lipinski definition) is 5. The van der Waals surface area contributed by atoms with Gasteiger partial charge in [0.15, 0.2) is 5.76 Å². The molecule has 0 amide bonds. The molecular weight excluding hydrogens is 290 g/mol. The molecule has 0 bridgehead atoms. The molecule has 1 aliphatic rings. The number of aryl methyl sites for hydroxylation is 1. The largest absolute Gasteiger partial charge is 0.359 e. The van der Waals surface area contributed by atoms with E-state index in [4.69, 9.17) is 4.52 Å². The third kappa shape index (κ3) is 2.90. The van der Waals surface area contributed by atoms with Gasteiger partial charge in [0.1, 0.15) is 0 Å². The van der Waals surface area contributed by atoms with Gasteiger partial charge < -0.3 is 4.52 Å². The molecule has 1 aliphatic heterocycles. The van der Waals surface area contributed by atoms with Crippen molar-refractivity contribution in [3.8, 4) is 5.69 Å². The minimum atomic E-state index is 0.290. The highest BCUT2D eigenvalue weighted by molar-refractivity contribution is 5.29. The molecule has 6 nitrogen and oxygen atoms in total. The first kappa shape index (κ1) is 14.1. The Morgan fingerprint density at radius 1 is 1.26 bits per heavy atom. The summed E-state index contributed by atoms with van der Waals surface area (Å²) in [6.07, 6.45) is 4.26. The molecule has 0 radical (unpaired) electrons. The highest BCUT2D eigenvalue weighted by Crippen LogP contribution is 2.33. The molecule has 3 heterocycles. The SMILES string of the molecule is Cc1cc([C@H]2CCCN2Cc2cn(-c3ccccc3)nn2)on1. The second-order valence-electron chi connectivity index (χ2n) is 5.99. The number of nitrogens with zero attached hydrogens (tertiary/aromatic N) is 5. The fourth-order valence-corrected chi connectivity index (χ4v) is 3.16. The molecular formula is C17H19N5O. The Kier molecular flexibility index (Phi) is 3.67. The number of rotatable bonds is 4. The Hall–Kier alpha value is -2.47. The molecule has 0 aliphatic carbocycles. The van der Waals surface area contributed by atoms with E-state index in [0.29, 0.717) is 0 Å². The van der Waals surface area contributed by atoms with Gasteiger partial charge in [0, 0.05) is 12.6 Å². The zero-order valence-corrected chi connectivity index (χ0v) is 13.1. The van der Waals surface area contributed by atoms with Crippen LogP contribution in [0.5, 0.6) is 0 Å². The monoisotopic (exact) mass is 309 g/mol. The van der Waals surface area contributed by atoms with Crippen molar-refractivity contribution >= 4 is 0 Å². The van der Waals surface area contributed by atoms with Crippen LogP contribution in [0.15, 0.2) is 47.1 Å². The molecule has 6 heteroatoms. The van der Waals surface area contributed by atoms with Crippen molar-refractivity contribution in [3.05, 3.63) is 59.7 Å². The molecule has 0 spiro atoms. The van der Waals surface area contributed by atoms with E-state index in [-0.39, 0.29) is 6.04 Å². The van der Waals surface area contributed by atoms with Crippen molar-refractivity contribution in [3.63, 3.8) is 0 Å². The van der Waals surface area contributed by atoms with E-state index in [0.717, 1.165) is 48.8 Å². The number of likely N-dealkylation sites (tertiary alicyclic amines) is 1. The second kappa shape index (κ2) is 5.96. The lowest BCUT2D eigenvalue weighted by Crippen LogP contribution is -2.22. The van der Waals surface area contributed by atoms with Crippen LogP contribution in [0.25, 0.3) is 5.69 Å². The predicted octanol–water partition coefficient (Wildman–Crippen LogP) is 2.90. The van der Waals surface area contributed by atoms with Crippen molar-refractivity contribution in [2.24, 2.45) is 0 Å². The maximum absolute atomic E-state index is 5.46. The lowest BCUT2D eigenvalue weighted by Gasteiger charge is -2.20. The Balaban J connectivity index is 1.50. The molecule has 1 fully saturated rings. The van der Waals surface area contributed by atoms with E-state index in [1.807, 2.05) is 54.2 Å². The van der Waals surface area contributed by atoms with Crippen molar-refractivity contribution in [1.29, 1.82) is 0 Å². The van der Waals surface area contributed by atoms with Crippen LogP contribution in [-0.2, 0) is 6.54 Å². The summed E-state index contributed by atoms with van der Waals surface area (Å²) in [6.45, 7) is 3.78. The Morgan fingerprint density at radius 2 is 2.13 bits per heavy atom. The van der Waals surface area contributed by atoms with Crippen LogP contribution >= 0.6 is 0 Å². The van der Waals surface area contributed by atoms with E-state index >= 15 is 0 Å². The lowest BCUT2D eigenvalue weighted by atomic mass is 10.1. The van der Waals surface area contributed by atoms with Gasteiger partial charge >= 0.3 is 0 Å². The van der Waals surface area contributed by atoms with Crippen molar-refractivity contribution in [2.45, 2.75) is 32.4 Å². The third-order valence-electron chi connectivity index (χ3n) is 4.26. The van der Waals surface area contributed by atoms with Crippen LogP contribution < -0.4 is 0 Å². The summed E-state index contributed by atoms with van der Waals surface area (Å²) in [6, 6.07) is 12.4. The Bertz CT molecular complexity index is 779. The summed E-state index contributed by atoms with van der Waals surface area (Å²) >= 11 is 0. The average Bonchev–Trinajstić information content (AvgIpc) is 3.29. The van der Waals surface area contributed by atoms with Crippen LogP contribution in [0.3, 0.4) is 0 Å². The van der Waals surface area contributed by atoms with Gasteiger partial charge in [-0.25, -0.2) is 4.68 Å². The van der Waals surface area contributed by atoms with Gasteiger partial charge in [-0.3, -0.25) is 4.90 Å². The second-order valence-corrected chi connectivity index (χ2v) is 5.99. The van der Waals surface area contributed by atoms with E-state index < -0.39 is 0 Å². The first-order valence-corrected chi connectivity index (χ1v) is 7.93. The molecule has 0 saturated carbocycles. The summed E-state index contributed by atoms with van der Waals surface area (Å²) < 4.78 is 7.28. The zero-order chi connectivity index (χ0) is 15.6. The van der Waals surface area contributed by atoms with Gasteiger partial charge in [0.25, 0.3) is 0 Å². The van der Waals surface area contributed by atoms with E-state index in [1.54, 1.807) is 0 Å². The van der Waals surface area contributed by atoms with Crippen LogP contribution in [0.4, 0.5) is 0 Å². The number of benzene rings is 1. The summed E-state index contributed by atoms with van der Waals surface area (Å²) in [5.74, 6) is 0.954. The standard InChI is InChI=1S/C17H19N5O/c1-13-10-17(23-19-13)16-8-5-9-21(16)11-14-12-22(20-18-14)15-6-3-2-4-7-15/h2-4,6-7,10,12,16H,5,8-9,11H2,1H3/t16-/m1/s1. The smallest absolute Gasteiger partial charge is 0.154 e. The highest BCUT2D eigenvalue weighted by Gasteiger charge is 2.29. The van der Waals surface area contributed by atoms with E-state index in [2.05, 4.69) is 20.4 Å². The molecule has 0 unspecified atom stereocenters. The number of aromatic nitrogens is 4. The van der Waals surface area contributed by atoms with Gasteiger partial charge in [-0.1, -0.05) is 28.6 Å². The minimum absolute atomic E-state index is 0.290. The highest BCUT2D eigenvalue weighted by atomic mass is 16.5. The van der Waals surface area contributed by atoms with Gasteiger partial charge in [-0.2, -0.15) is 0 Å². The molecule has 2 aromatic heterocycles. The topological polar surface area (TPSA) is 60.0 Å². The van der Waals surface area contributed by atoms with Crippen molar-refractivity contribution < 1.29 is 4.52 Å². The Morgan fingerprint density at radius 3 is 2.91 bits per heavy atom. The normalized spacial score (nSPS) is 18.6. The fourth-order valence-electron chi connectivity index (χ4n) is 3.16. The van der Waals surface area contributed by atoms with E-state index in [9.17, 15) is 0 Å². The van der Waals surface area contributed by atoms with Crippen LogP contribution in [0.2, 0.25) is 0 Å². The first-order chi connectivity index (χ1) is 11.3. The van der Waals surface area contributed by atoms with Crippen LogP contribution in [0, 0.1) is 6.92 Å².